The van der Waals surface area contributed by atoms with Crippen molar-refractivity contribution >= 4 is 46.0 Å². The van der Waals surface area contributed by atoms with Gasteiger partial charge in [-0.25, -0.2) is 4.79 Å². The molecule has 0 unspecified atom stereocenters. The topological polar surface area (TPSA) is 79.3 Å². The molecular formula is C19H14Cl2N2O3. The first kappa shape index (κ1) is 18.2. The van der Waals surface area contributed by atoms with Gasteiger partial charge in [0.2, 0.25) is 0 Å². The Kier molecular flexibility index (Phi) is 5.40. The Morgan fingerprint density at radius 1 is 1.08 bits per heavy atom. The van der Waals surface area contributed by atoms with E-state index >= 15 is 0 Å². The normalized spacial score (nSPS) is 11.9. The summed E-state index contributed by atoms with van der Waals surface area (Å²) in [6, 6.07) is 12.8. The first-order valence-electron chi connectivity index (χ1n) is 7.77. The first-order valence-corrected chi connectivity index (χ1v) is 8.52. The van der Waals surface area contributed by atoms with Crippen LogP contribution in [0.1, 0.15) is 15.9 Å². The largest absolute Gasteiger partial charge is 0.480 e. The predicted molar refractivity (Wildman–Crippen MR) is 101 cm³/mol. The minimum atomic E-state index is -1.18. The van der Waals surface area contributed by atoms with Crippen LogP contribution in [0.4, 0.5) is 0 Å². The molecule has 0 bridgehead atoms. The van der Waals surface area contributed by atoms with Crippen molar-refractivity contribution < 1.29 is 14.7 Å². The molecule has 0 aliphatic rings. The number of halogens is 2. The molecule has 0 aliphatic heterocycles. The number of para-hydroxylation sites is 1. The highest BCUT2D eigenvalue weighted by molar-refractivity contribution is 6.36. The number of hydrogen-bond acceptors (Lipinski definition) is 3. The van der Waals surface area contributed by atoms with Crippen LogP contribution in [0.15, 0.2) is 54.7 Å². The third-order valence-corrected chi connectivity index (χ3v) is 4.63. The molecule has 1 aromatic heterocycles. The number of carboxylic acids is 1. The van der Waals surface area contributed by atoms with Crippen molar-refractivity contribution in [3.8, 4) is 0 Å². The zero-order valence-electron chi connectivity index (χ0n) is 13.4. The first-order chi connectivity index (χ1) is 12.5. The standard InChI is InChI=1S/C19H14Cl2N2O3/c20-14-5-3-6-15(21)13(14)9-17(19(25)26)23-18(24)12-8-11-4-1-2-7-16(11)22-10-12/h1-8,10,17H,9H2,(H,23,24)(H,25,26)/t17-/m0/s1. The number of nitrogens with zero attached hydrogens (tertiary/aromatic N) is 1. The van der Waals surface area contributed by atoms with Gasteiger partial charge in [0.15, 0.2) is 0 Å². The fourth-order valence-corrected chi connectivity index (χ4v) is 3.12. The van der Waals surface area contributed by atoms with Gasteiger partial charge in [0.25, 0.3) is 5.91 Å². The zero-order valence-corrected chi connectivity index (χ0v) is 15.0. The number of pyridine rings is 1. The van der Waals surface area contributed by atoms with E-state index in [9.17, 15) is 14.7 Å². The fourth-order valence-electron chi connectivity index (χ4n) is 2.57. The van der Waals surface area contributed by atoms with Crippen LogP contribution >= 0.6 is 23.2 Å². The Morgan fingerprint density at radius 2 is 1.77 bits per heavy atom. The number of amides is 1. The van der Waals surface area contributed by atoms with Crippen molar-refractivity contribution in [2.75, 3.05) is 0 Å². The molecule has 0 fully saturated rings. The summed E-state index contributed by atoms with van der Waals surface area (Å²) < 4.78 is 0. The minimum Gasteiger partial charge on any atom is -0.480 e. The molecule has 0 spiro atoms. The van der Waals surface area contributed by atoms with Gasteiger partial charge < -0.3 is 10.4 Å². The molecule has 26 heavy (non-hydrogen) atoms. The van der Waals surface area contributed by atoms with Crippen LogP contribution in [-0.2, 0) is 11.2 Å². The van der Waals surface area contributed by atoms with E-state index in [2.05, 4.69) is 10.3 Å². The molecule has 0 saturated heterocycles. The average Bonchev–Trinajstić information content (AvgIpc) is 2.63. The van der Waals surface area contributed by atoms with Crippen LogP contribution in [-0.4, -0.2) is 28.0 Å². The SMILES string of the molecule is O=C(N[C@@H](Cc1c(Cl)cccc1Cl)C(=O)O)c1cnc2ccccc2c1. The summed E-state index contributed by atoms with van der Waals surface area (Å²) in [6.07, 6.45) is 1.39. The maximum atomic E-state index is 12.5. The molecule has 2 aromatic carbocycles. The summed E-state index contributed by atoms with van der Waals surface area (Å²) in [5.74, 6) is -1.71. The maximum Gasteiger partial charge on any atom is 0.326 e. The van der Waals surface area contributed by atoms with E-state index in [0.29, 0.717) is 15.6 Å². The molecule has 1 heterocycles. The van der Waals surface area contributed by atoms with Crippen molar-refractivity contribution in [3.05, 3.63) is 75.9 Å². The van der Waals surface area contributed by atoms with Crippen LogP contribution in [0, 0.1) is 0 Å². The van der Waals surface area contributed by atoms with Crippen LogP contribution < -0.4 is 5.32 Å². The molecule has 0 saturated carbocycles. The van der Waals surface area contributed by atoms with Gasteiger partial charge >= 0.3 is 5.97 Å². The predicted octanol–water partition coefficient (Wildman–Crippen LogP) is 3.97. The third-order valence-electron chi connectivity index (χ3n) is 3.93. The number of nitrogens with one attached hydrogen (secondary N) is 1. The van der Waals surface area contributed by atoms with Crippen LogP contribution in [0.5, 0.6) is 0 Å². The monoisotopic (exact) mass is 388 g/mol. The highest BCUT2D eigenvalue weighted by Gasteiger charge is 2.23. The smallest absolute Gasteiger partial charge is 0.326 e. The molecular weight excluding hydrogens is 375 g/mol. The second kappa shape index (κ2) is 7.72. The summed E-state index contributed by atoms with van der Waals surface area (Å²) >= 11 is 12.2. The lowest BCUT2D eigenvalue weighted by atomic mass is 10.0. The van der Waals surface area contributed by atoms with Crippen LogP contribution in [0.25, 0.3) is 10.9 Å². The second-order valence-electron chi connectivity index (χ2n) is 5.69. The number of carboxylic acid groups (broad SMARTS) is 1. The highest BCUT2D eigenvalue weighted by atomic mass is 35.5. The van der Waals surface area contributed by atoms with E-state index in [0.717, 1.165) is 10.9 Å². The molecule has 3 rings (SSSR count). The number of rotatable bonds is 5. The number of fused-ring (bicyclic) bond motifs is 1. The van der Waals surface area contributed by atoms with Gasteiger partial charge in [0.05, 0.1) is 11.1 Å². The van der Waals surface area contributed by atoms with Gasteiger partial charge in [-0.05, 0) is 29.8 Å². The van der Waals surface area contributed by atoms with E-state index in [1.807, 2.05) is 24.3 Å². The molecule has 5 nitrogen and oxygen atoms in total. The van der Waals surface area contributed by atoms with E-state index in [-0.39, 0.29) is 12.0 Å². The molecule has 1 atom stereocenters. The summed E-state index contributed by atoms with van der Waals surface area (Å²) in [7, 11) is 0. The van der Waals surface area contributed by atoms with Gasteiger partial charge in [0, 0.05) is 28.0 Å². The van der Waals surface area contributed by atoms with Crippen molar-refractivity contribution in [3.63, 3.8) is 0 Å². The van der Waals surface area contributed by atoms with Crippen molar-refractivity contribution in [1.29, 1.82) is 0 Å². The number of aliphatic carboxylic acids is 1. The third kappa shape index (κ3) is 3.95. The molecule has 1 amide bonds. The number of carbonyl (C=O) groups excluding carboxylic acids is 1. The minimum absolute atomic E-state index is 0.0272. The van der Waals surface area contributed by atoms with Gasteiger partial charge in [-0.3, -0.25) is 9.78 Å². The molecule has 132 valence electrons. The van der Waals surface area contributed by atoms with Gasteiger partial charge in [0.1, 0.15) is 6.04 Å². The summed E-state index contributed by atoms with van der Waals surface area (Å²) in [5, 5.41) is 13.5. The lowest BCUT2D eigenvalue weighted by molar-refractivity contribution is -0.139. The molecule has 3 aromatic rings. The lowest BCUT2D eigenvalue weighted by Gasteiger charge is -2.16. The lowest BCUT2D eigenvalue weighted by Crippen LogP contribution is -2.42. The maximum absolute atomic E-state index is 12.5. The van der Waals surface area contributed by atoms with E-state index < -0.39 is 17.9 Å². The van der Waals surface area contributed by atoms with Gasteiger partial charge in [-0.1, -0.05) is 47.5 Å². The Bertz CT molecular complexity index is 971. The molecule has 0 radical (unpaired) electrons. The summed E-state index contributed by atoms with van der Waals surface area (Å²) in [4.78, 5) is 28.3. The average molecular weight is 389 g/mol. The zero-order chi connectivity index (χ0) is 18.7. The number of carbonyl (C=O) groups is 2. The van der Waals surface area contributed by atoms with Crippen molar-refractivity contribution in [1.82, 2.24) is 10.3 Å². The Balaban J connectivity index is 1.83. The highest BCUT2D eigenvalue weighted by Crippen LogP contribution is 2.25. The van der Waals surface area contributed by atoms with Crippen molar-refractivity contribution in [2.45, 2.75) is 12.5 Å². The van der Waals surface area contributed by atoms with Crippen LogP contribution in [0.2, 0.25) is 10.0 Å². The number of hydrogen-bond donors (Lipinski definition) is 2. The Labute approximate surface area is 159 Å². The van der Waals surface area contributed by atoms with E-state index in [4.69, 9.17) is 23.2 Å². The number of benzene rings is 2. The summed E-state index contributed by atoms with van der Waals surface area (Å²) in [6.45, 7) is 0. The number of aromatic nitrogens is 1. The van der Waals surface area contributed by atoms with Crippen molar-refractivity contribution in [2.24, 2.45) is 0 Å². The Morgan fingerprint density at radius 3 is 2.46 bits per heavy atom. The van der Waals surface area contributed by atoms with E-state index in [1.165, 1.54) is 6.20 Å². The second-order valence-corrected chi connectivity index (χ2v) is 6.50. The Hall–Kier alpha value is -2.63. The van der Waals surface area contributed by atoms with Gasteiger partial charge in [-0.15, -0.1) is 0 Å². The fraction of sp³-hybridized carbons (Fsp3) is 0.105. The summed E-state index contributed by atoms with van der Waals surface area (Å²) in [5.41, 5.74) is 1.50. The quantitative estimate of drug-likeness (QED) is 0.692. The van der Waals surface area contributed by atoms with Crippen LogP contribution in [0.3, 0.4) is 0 Å². The molecule has 2 N–H and O–H groups in total. The van der Waals surface area contributed by atoms with Gasteiger partial charge in [-0.2, -0.15) is 0 Å². The molecule has 7 heteroatoms. The molecule has 0 aliphatic carbocycles. The van der Waals surface area contributed by atoms with E-state index in [1.54, 1.807) is 24.3 Å².